The Morgan fingerprint density at radius 2 is 1.79 bits per heavy atom. The number of nitrogens with one attached hydrogen (secondary N) is 1. The molecule has 0 amide bonds. The molecule has 0 atom stereocenters. The van der Waals surface area contributed by atoms with E-state index in [1.165, 1.54) is 12.1 Å². The lowest BCUT2D eigenvalue weighted by molar-refractivity contribution is 0.0808. The van der Waals surface area contributed by atoms with Gasteiger partial charge in [-0.3, -0.25) is 4.18 Å². The average Bonchev–Trinajstić information content (AvgIpc) is 2.54. The summed E-state index contributed by atoms with van der Waals surface area (Å²) in [6.07, 6.45) is 0.909. The highest BCUT2D eigenvalue weighted by molar-refractivity contribution is 7.86. The third-order valence-corrected chi connectivity index (χ3v) is 5.41. The Morgan fingerprint density at radius 3 is 2.38 bits per heavy atom. The highest BCUT2D eigenvalue weighted by atomic mass is 32.2. The maximum absolute atomic E-state index is 11.8. The normalized spacial score (nSPS) is 17.0. The molecule has 1 aliphatic heterocycles. The van der Waals surface area contributed by atoms with Gasteiger partial charge in [-0.15, -0.1) is 0 Å². The Kier molecular flexibility index (Phi) is 6.62. The minimum Gasteiger partial charge on any atom is -0.488 e. The molecule has 1 fully saturated rings. The van der Waals surface area contributed by atoms with E-state index in [1.807, 2.05) is 0 Å². The van der Waals surface area contributed by atoms with Gasteiger partial charge in [0.2, 0.25) is 0 Å². The first-order chi connectivity index (χ1) is 11.3. The summed E-state index contributed by atoms with van der Waals surface area (Å²) in [4.78, 5) is 2.58. The van der Waals surface area contributed by atoms with Crippen molar-refractivity contribution in [3.63, 3.8) is 0 Å². The van der Waals surface area contributed by atoms with E-state index in [-0.39, 0.29) is 17.1 Å². The second kappa shape index (κ2) is 8.29. The summed E-state index contributed by atoms with van der Waals surface area (Å²) in [6.45, 7) is 11.1. The van der Waals surface area contributed by atoms with Crippen molar-refractivity contribution in [1.82, 2.24) is 10.2 Å². The summed E-state index contributed by atoms with van der Waals surface area (Å²) in [6, 6.07) is 6.40. The highest BCUT2D eigenvalue weighted by Gasteiger charge is 2.22. The fourth-order valence-corrected chi connectivity index (χ4v) is 3.55. The first kappa shape index (κ1) is 19.2. The number of nitrogens with zero attached hydrogens (tertiary/aromatic N) is 1. The molecule has 6 nitrogen and oxygen atoms in total. The van der Waals surface area contributed by atoms with Crippen LogP contribution in [0.5, 0.6) is 5.75 Å². The van der Waals surface area contributed by atoms with Crippen LogP contribution >= 0.6 is 0 Å². The first-order valence-corrected chi connectivity index (χ1v) is 9.85. The SMILES string of the molecule is CCOS(=O)(=O)c1ccc(OC(C)(C)CCN2CCNCC2)cc1. The van der Waals surface area contributed by atoms with E-state index < -0.39 is 10.1 Å². The molecule has 2 rings (SSSR count). The Balaban J connectivity index is 1.91. The van der Waals surface area contributed by atoms with Crippen molar-refractivity contribution in [3.05, 3.63) is 24.3 Å². The lowest BCUT2D eigenvalue weighted by atomic mass is 10.0. The van der Waals surface area contributed by atoms with Crippen LogP contribution in [0, 0.1) is 0 Å². The van der Waals surface area contributed by atoms with Gasteiger partial charge >= 0.3 is 0 Å². The minimum absolute atomic E-state index is 0.125. The molecule has 1 N–H and O–H groups in total. The smallest absolute Gasteiger partial charge is 0.296 e. The van der Waals surface area contributed by atoms with Gasteiger partial charge in [-0.1, -0.05) is 0 Å². The van der Waals surface area contributed by atoms with Gasteiger partial charge in [-0.2, -0.15) is 8.42 Å². The molecular formula is C17H28N2O4S. The number of piperazine rings is 1. The number of ether oxygens (including phenoxy) is 1. The number of benzene rings is 1. The minimum atomic E-state index is -3.66. The lowest BCUT2D eigenvalue weighted by Crippen LogP contribution is -2.45. The zero-order valence-corrected chi connectivity index (χ0v) is 15.6. The summed E-state index contributed by atoms with van der Waals surface area (Å²) in [7, 11) is -3.66. The summed E-state index contributed by atoms with van der Waals surface area (Å²) in [5.74, 6) is 0.663. The average molecular weight is 356 g/mol. The molecule has 1 aromatic rings. The summed E-state index contributed by atoms with van der Waals surface area (Å²) in [5, 5.41) is 3.35. The Labute approximate surface area is 145 Å². The number of hydrogen-bond acceptors (Lipinski definition) is 6. The molecule has 7 heteroatoms. The number of hydrogen-bond donors (Lipinski definition) is 1. The first-order valence-electron chi connectivity index (χ1n) is 8.44. The van der Waals surface area contributed by atoms with Crippen LogP contribution in [-0.4, -0.2) is 58.2 Å². The van der Waals surface area contributed by atoms with Crippen LogP contribution in [-0.2, 0) is 14.3 Å². The monoisotopic (exact) mass is 356 g/mol. The van der Waals surface area contributed by atoms with Crippen molar-refractivity contribution in [2.45, 2.75) is 37.7 Å². The highest BCUT2D eigenvalue weighted by Crippen LogP contribution is 2.23. The molecular weight excluding hydrogens is 328 g/mol. The topological polar surface area (TPSA) is 67.9 Å². The summed E-state index contributed by atoms with van der Waals surface area (Å²) < 4.78 is 34.5. The van der Waals surface area contributed by atoms with E-state index in [4.69, 9.17) is 8.92 Å². The van der Waals surface area contributed by atoms with E-state index in [1.54, 1.807) is 19.1 Å². The van der Waals surface area contributed by atoms with Gasteiger partial charge in [-0.05, 0) is 51.5 Å². The van der Waals surface area contributed by atoms with Crippen LogP contribution in [0.2, 0.25) is 0 Å². The largest absolute Gasteiger partial charge is 0.488 e. The molecule has 1 aliphatic rings. The maximum Gasteiger partial charge on any atom is 0.296 e. The van der Waals surface area contributed by atoms with E-state index >= 15 is 0 Å². The van der Waals surface area contributed by atoms with E-state index in [0.717, 1.165) is 39.1 Å². The summed E-state index contributed by atoms with van der Waals surface area (Å²) >= 11 is 0. The molecule has 0 aliphatic carbocycles. The van der Waals surface area contributed by atoms with Crippen LogP contribution in [0.3, 0.4) is 0 Å². The maximum atomic E-state index is 11.8. The second-order valence-corrected chi connectivity index (χ2v) is 8.15. The van der Waals surface area contributed by atoms with Crippen molar-refractivity contribution in [2.75, 3.05) is 39.3 Å². The molecule has 24 heavy (non-hydrogen) atoms. The van der Waals surface area contributed by atoms with Crippen molar-refractivity contribution in [1.29, 1.82) is 0 Å². The standard InChI is InChI=1S/C17H28N2O4S/c1-4-22-24(20,21)16-7-5-15(6-8-16)23-17(2,3)9-12-19-13-10-18-11-14-19/h5-8,18H,4,9-14H2,1-3H3. The number of rotatable bonds is 8. The van der Waals surface area contributed by atoms with Gasteiger partial charge in [0.05, 0.1) is 11.5 Å². The molecule has 0 unspecified atom stereocenters. The molecule has 0 bridgehead atoms. The molecule has 0 spiro atoms. The van der Waals surface area contributed by atoms with Crippen LogP contribution in [0.25, 0.3) is 0 Å². The van der Waals surface area contributed by atoms with Gasteiger partial charge in [-0.25, -0.2) is 0 Å². The van der Waals surface area contributed by atoms with Gasteiger partial charge < -0.3 is 15.0 Å². The lowest BCUT2D eigenvalue weighted by Gasteiger charge is -2.32. The van der Waals surface area contributed by atoms with Crippen molar-refractivity contribution in [3.8, 4) is 5.75 Å². The molecule has 136 valence electrons. The second-order valence-electron chi connectivity index (χ2n) is 6.54. The fraction of sp³-hybridized carbons (Fsp3) is 0.647. The van der Waals surface area contributed by atoms with Gasteiger partial charge in [0, 0.05) is 32.7 Å². The third kappa shape index (κ3) is 5.73. The predicted octanol–water partition coefficient (Wildman–Crippen LogP) is 1.86. The molecule has 1 heterocycles. The quantitative estimate of drug-likeness (QED) is 0.717. The van der Waals surface area contributed by atoms with Crippen molar-refractivity contribution >= 4 is 10.1 Å². The van der Waals surface area contributed by atoms with E-state index in [2.05, 4.69) is 24.1 Å². The molecule has 0 aromatic heterocycles. The molecule has 1 aromatic carbocycles. The zero-order valence-electron chi connectivity index (χ0n) is 14.7. The van der Waals surface area contributed by atoms with Crippen molar-refractivity contribution < 1.29 is 17.3 Å². The zero-order chi connectivity index (χ0) is 17.6. The third-order valence-electron chi connectivity index (χ3n) is 4.02. The van der Waals surface area contributed by atoms with Crippen LogP contribution in [0.4, 0.5) is 0 Å². The predicted molar refractivity (Wildman–Crippen MR) is 93.9 cm³/mol. The summed E-state index contributed by atoms with van der Waals surface area (Å²) in [5.41, 5.74) is -0.314. The van der Waals surface area contributed by atoms with E-state index in [9.17, 15) is 8.42 Å². The molecule has 1 saturated heterocycles. The van der Waals surface area contributed by atoms with Gasteiger partial charge in [0.15, 0.2) is 0 Å². The van der Waals surface area contributed by atoms with Crippen molar-refractivity contribution in [2.24, 2.45) is 0 Å². The van der Waals surface area contributed by atoms with Gasteiger partial charge in [0.1, 0.15) is 11.4 Å². The van der Waals surface area contributed by atoms with Crippen LogP contribution < -0.4 is 10.1 Å². The fourth-order valence-electron chi connectivity index (χ4n) is 2.63. The van der Waals surface area contributed by atoms with Gasteiger partial charge in [0.25, 0.3) is 10.1 Å². The molecule has 0 saturated carbocycles. The Hall–Kier alpha value is -1.15. The Morgan fingerprint density at radius 1 is 1.17 bits per heavy atom. The van der Waals surface area contributed by atoms with Crippen LogP contribution in [0.1, 0.15) is 27.2 Å². The molecule has 0 radical (unpaired) electrons. The van der Waals surface area contributed by atoms with E-state index in [0.29, 0.717) is 5.75 Å². The van der Waals surface area contributed by atoms with Crippen LogP contribution in [0.15, 0.2) is 29.2 Å². The Bertz CT molecular complexity index is 608.